The molecule has 0 bridgehead atoms. The third-order valence-electron chi connectivity index (χ3n) is 5.98. The first-order valence-electron chi connectivity index (χ1n) is 10.6. The molecule has 1 heterocycles. The number of benzene rings is 3. The second-order valence-electron chi connectivity index (χ2n) is 8.24. The normalized spacial score (nSPS) is 11.5. The van der Waals surface area contributed by atoms with Crippen LogP contribution >= 0.6 is 0 Å². The minimum absolute atomic E-state index is 0.0748. The number of nitrogens with one attached hydrogen (secondary N) is 1. The molecule has 168 valence electrons. The number of anilines is 1. The largest absolute Gasteiger partial charge is 0.317 e. The van der Waals surface area contributed by atoms with Crippen LogP contribution in [0.4, 0.5) is 5.69 Å². The molecule has 0 spiro atoms. The fourth-order valence-electron chi connectivity index (χ4n) is 4.20. The van der Waals surface area contributed by atoms with Gasteiger partial charge in [-0.3, -0.25) is 9.52 Å². The van der Waals surface area contributed by atoms with Gasteiger partial charge in [-0.2, -0.15) is 0 Å². The van der Waals surface area contributed by atoms with Gasteiger partial charge in [0.25, 0.3) is 15.6 Å². The second kappa shape index (κ2) is 8.71. The molecule has 0 saturated heterocycles. The van der Waals surface area contributed by atoms with E-state index in [0.29, 0.717) is 17.5 Å². The topological polar surface area (TPSA) is 68.2 Å². The fraction of sp³-hybridized carbons (Fsp3) is 0.148. The van der Waals surface area contributed by atoms with Crippen LogP contribution in [0.5, 0.6) is 0 Å². The molecule has 5 nitrogen and oxygen atoms in total. The lowest BCUT2D eigenvalue weighted by Crippen LogP contribution is -2.16. The molecule has 4 rings (SSSR count). The molecule has 3 aromatic carbocycles. The summed E-state index contributed by atoms with van der Waals surface area (Å²) < 4.78 is 28.4. The van der Waals surface area contributed by atoms with E-state index >= 15 is 0 Å². The molecule has 1 N–H and O–H groups in total. The number of pyridine rings is 1. The molecule has 0 radical (unpaired) electrons. The molecule has 0 aliphatic heterocycles. The van der Waals surface area contributed by atoms with Crippen LogP contribution in [0.2, 0.25) is 0 Å². The zero-order valence-electron chi connectivity index (χ0n) is 18.9. The number of hydrogen-bond acceptors (Lipinski definition) is 3. The number of aryl methyl sites for hydroxylation is 3. The predicted molar refractivity (Wildman–Crippen MR) is 136 cm³/mol. The van der Waals surface area contributed by atoms with Crippen LogP contribution in [0.25, 0.3) is 21.9 Å². The summed E-state index contributed by atoms with van der Waals surface area (Å²) in [6.07, 6.45) is 2.50. The van der Waals surface area contributed by atoms with Gasteiger partial charge >= 0.3 is 0 Å². The third-order valence-corrected chi connectivity index (χ3v) is 6.94. The fourth-order valence-corrected chi connectivity index (χ4v) is 4.74. The Balaban J connectivity index is 1.99. The lowest BCUT2D eigenvalue weighted by molar-refractivity contribution is 0.609. The quantitative estimate of drug-likeness (QED) is 0.426. The summed E-state index contributed by atoms with van der Waals surface area (Å²) in [7, 11) is -1.93. The van der Waals surface area contributed by atoms with E-state index in [1.807, 2.05) is 48.7 Å². The smallest absolute Gasteiger partial charge is 0.258 e. The number of rotatable bonds is 6. The third kappa shape index (κ3) is 4.47. The lowest BCUT2D eigenvalue weighted by Gasteiger charge is -2.17. The monoisotopic (exact) mass is 458 g/mol. The average Bonchev–Trinajstić information content (AvgIpc) is 2.79. The number of fused-ring (bicyclic) bond motifs is 1. The Morgan fingerprint density at radius 2 is 1.61 bits per heavy atom. The van der Waals surface area contributed by atoms with Crippen LogP contribution in [-0.4, -0.2) is 13.0 Å². The minimum Gasteiger partial charge on any atom is -0.317 e. The van der Waals surface area contributed by atoms with Gasteiger partial charge < -0.3 is 4.57 Å². The van der Waals surface area contributed by atoms with Gasteiger partial charge in [0, 0.05) is 35.3 Å². The van der Waals surface area contributed by atoms with E-state index < -0.39 is 10.0 Å². The van der Waals surface area contributed by atoms with Crippen molar-refractivity contribution in [3.05, 3.63) is 111 Å². The van der Waals surface area contributed by atoms with Crippen molar-refractivity contribution >= 4 is 26.5 Å². The van der Waals surface area contributed by atoms with E-state index in [0.717, 1.165) is 27.5 Å². The molecule has 0 atom stereocenters. The van der Waals surface area contributed by atoms with Crippen molar-refractivity contribution in [2.75, 3.05) is 4.72 Å². The molecule has 6 heteroatoms. The molecule has 0 aliphatic rings. The second-order valence-corrected chi connectivity index (χ2v) is 9.86. The first kappa shape index (κ1) is 22.6. The van der Waals surface area contributed by atoms with Crippen molar-refractivity contribution < 1.29 is 8.42 Å². The van der Waals surface area contributed by atoms with Crippen LogP contribution in [0.15, 0.2) is 83.6 Å². The van der Waals surface area contributed by atoms with Crippen LogP contribution in [-0.2, 0) is 23.5 Å². The molecule has 4 aromatic rings. The first-order valence-corrected chi connectivity index (χ1v) is 12.2. The zero-order chi connectivity index (χ0) is 23.8. The van der Waals surface area contributed by atoms with Crippen molar-refractivity contribution in [3.8, 4) is 11.1 Å². The zero-order valence-corrected chi connectivity index (χ0v) is 19.7. The highest BCUT2D eigenvalue weighted by Gasteiger charge is 2.16. The van der Waals surface area contributed by atoms with E-state index in [4.69, 9.17) is 0 Å². The van der Waals surface area contributed by atoms with Crippen molar-refractivity contribution in [2.45, 2.75) is 20.3 Å². The van der Waals surface area contributed by atoms with Gasteiger partial charge in [0.1, 0.15) is 0 Å². The molecular formula is C27H26N2O3S. The maximum atomic E-state index is 12.7. The van der Waals surface area contributed by atoms with Crippen molar-refractivity contribution in [1.82, 2.24) is 4.57 Å². The summed E-state index contributed by atoms with van der Waals surface area (Å²) in [4.78, 5) is 12.7. The molecule has 0 aliphatic carbocycles. The van der Waals surface area contributed by atoms with Gasteiger partial charge in [0.05, 0.1) is 0 Å². The number of nitrogens with zero attached hydrogens (tertiary/aromatic N) is 1. The highest BCUT2D eigenvalue weighted by Crippen LogP contribution is 2.34. The van der Waals surface area contributed by atoms with Gasteiger partial charge in [-0.1, -0.05) is 49.0 Å². The Hall–Kier alpha value is -3.64. The van der Waals surface area contributed by atoms with Crippen LogP contribution in [0.3, 0.4) is 0 Å². The summed E-state index contributed by atoms with van der Waals surface area (Å²) in [5.41, 5.74) is 6.76. The van der Waals surface area contributed by atoms with Gasteiger partial charge in [0.2, 0.25) is 0 Å². The van der Waals surface area contributed by atoms with Gasteiger partial charge in [-0.15, -0.1) is 0 Å². The van der Waals surface area contributed by atoms with E-state index in [9.17, 15) is 13.2 Å². The number of sulfonamides is 1. The molecule has 0 amide bonds. The summed E-state index contributed by atoms with van der Waals surface area (Å²) in [5, 5.41) is 2.33. The SMILES string of the molecule is C=CS(=O)(=O)Nc1ccc(Cc2c(C)cccc2C)c(-c2cn(C)c(=O)c3ccccc23)c1. The molecule has 1 aromatic heterocycles. The summed E-state index contributed by atoms with van der Waals surface area (Å²) in [6.45, 7) is 7.56. The minimum atomic E-state index is -3.66. The number of aromatic nitrogens is 1. The Morgan fingerprint density at radius 1 is 0.939 bits per heavy atom. The Kier molecular flexibility index (Phi) is 5.95. The highest BCUT2D eigenvalue weighted by atomic mass is 32.2. The van der Waals surface area contributed by atoms with Crippen LogP contribution < -0.4 is 10.3 Å². The van der Waals surface area contributed by atoms with E-state index in [1.54, 1.807) is 17.7 Å². The first-order chi connectivity index (χ1) is 15.7. The maximum absolute atomic E-state index is 12.7. The highest BCUT2D eigenvalue weighted by molar-refractivity contribution is 7.95. The van der Waals surface area contributed by atoms with E-state index in [-0.39, 0.29) is 5.56 Å². The van der Waals surface area contributed by atoms with Crippen molar-refractivity contribution in [1.29, 1.82) is 0 Å². The number of hydrogen-bond donors (Lipinski definition) is 1. The Morgan fingerprint density at radius 3 is 2.27 bits per heavy atom. The van der Waals surface area contributed by atoms with Gasteiger partial charge in [-0.05, 0) is 71.7 Å². The summed E-state index contributed by atoms with van der Waals surface area (Å²) in [6, 6.07) is 19.3. The standard InChI is InChI=1S/C27H26N2O3S/c1-5-33(31,32)28-21-14-13-20(15-24-18(2)9-8-10-19(24)3)25(16-21)26-17-29(4)27(30)23-12-7-6-11-22(23)26/h5-14,16-17,28H,1,15H2,2-4H3. The Labute approximate surface area is 194 Å². The van der Waals surface area contributed by atoms with Gasteiger partial charge in [-0.25, -0.2) is 8.42 Å². The molecular weight excluding hydrogens is 432 g/mol. The van der Waals surface area contributed by atoms with Crippen LogP contribution in [0, 0.1) is 13.8 Å². The predicted octanol–water partition coefficient (Wildman–Crippen LogP) is 5.30. The molecule has 33 heavy (non-hydrogen) atoms. The van der Waals surface area contributed by atoms with Crippen LogP contribution in [0.1, 0.15) is 22.3 Å². The van der Waals surface area contributed by atoms with Gasteiger partial charge in [0.15, 0.2) is 0 Å². The summed E-state index contributed by atoms with van der Waals surface area (Å²) >= 11 is 0. The average molecular weight is 459 g/mol. The van der Waals surface area contributed by atoms with Crippen molar-refractivity contribution in [3.63, 3.8) is 0 Å². The molecule has 0 fully saturated rings. The van der Waals surface area contributed by atoms with E-state index in [2.05, 4.69) is 37.3 Å². The van der Waals surface area contributed by atoms with E-state index in [1.165, 1.54) is 16.7 Å². The Bertz CT molecular complexity index is 1530. The lowest BCUT2D eigenvalue weighted by atomic mass is 9.90. The van der Waals surface area contributed by atoms with Crippen molar-refractivity contribution in [2.24, 2.45) is 7.05 Å². The summed E-state index contributed by atoms with van der Waals surface area (Å²) in [5.74, 6) is 0. The molecule has 0 saturated carbocycles. The molecule has 0 unspecified atom stereocenters. The maximum Gasteiger partial charge on any atom is 0.258 e.